The molecule has 3 heteroatoms. The fourth-order valence-corrected chi connectivity index (χ4v) is 2.40. The van der Waals surface area contributed by atoms with Gasteiger partial charge in [-0.1, -0.05) is 18.2 Å². The van der Waals surface area contributed by atoms with Gasteiger partial charge in [0.25, 0.3) is 0 Å². The predicted octanol–water partition coefficient (Wildman–Crippen LogP) is 3.05. The van der Waals surface area contributed by atoms with Crippen molar-refractivity contribution < 1.29 is 0 Å². The van der Waals surface area contributed by atoms with Gasteiger partial charge in [0.2, 0.25) is 0 Å². The zero-order chi connectivity index (χ0) is 11.9. The Hall–Kier alpha value is -1.32. The Morgan fingerprint density at radius 3 is 2.65 bits per heavy atom. The molecular formula is C14H18N2S. The normalized spacial score (nSPS) is 10.6. The number of nitrogen functional groups attached to an aromatic ring is 1. The zero-order valence-corrected chi connectivity index (χ0v) is 10.7. The number of hydrogen-bond acceptors (Lipinski definition) is 3. The van der Waals surface area contributed by atoms with Gasteiger partial charge in [-0.25, -0.2) is 0 Å². The molecule has 0 aliphatic rings. The molecule has 0 unspecified atom stereocenters. The van der Waals surface area contributed by atoms with Crippen LogP contribution < -0.4 is 11.1 Å². The molecule has 17 heavy (non-hydrogen) atoms. The summed E-state index contributed by atoms with van der Waals surface area (Å²) in [6.07, 6.45) is 2.27. The fraction of sp³-hybridized carbons (Fsp3) is 0.286. The predicted molar refractivity (Wildman–Crippen MR) is 75.2 cm³/mol. The van der Waals surface area contributed by atoms with Crippen LogP contribution in [0.25, 0.3) is 0 Å². The van der Waals surface area contributed by atoms with Crippen LogP contribution in [0.4, 0.5) is 5.69 Å². The van der Waals surface area contributed by atoms with E-state index in [0.29, 0.717) is 0 Å². The third kappa shape index (κ3) is 4.21. The molecule has 0 radical (unpaired) electrons. The van der Waals surface area contributed by atoms with Gasteiger partial charge in [-0.3, -0.25) is 0 Å². The van der Waals surface area contributed by atoms with Gasteiger partial charge in [0.05, 0.1) is 0 Å². The second-order valence-corrected chi connectivity index (χ2v) is 5.13. The highest BCUT2D eigenvalue weighted by molar-refractivity contribution is 7.09. The van der Waals surface area contributed by atoms with Crippen LogP contribution in [0.2, 0.25) is 0 Å². The van der Waals surface area contributed by atoms with E-state index in [0.717, 1.165) is 31.6 Å². The molecule has 1 heterocycles. The van der Waals surface area contributed by atoms with E-state index in [1.807, 2.05) is 12.1 Å². The largest absolute Gasteiger partial charge is 0.399 e. The van der Waals surface area contributed by atoms with Crippen LogP contribution in [0.3, 0.4) is 0 Å². The maximum absolute atomic E-state index is 5.65. The number of nitrogens with one attached hydrogen (secondary N) is 1. The van der Waals surface area contributed by atoms with Gasteiger partial charge in [-0.2, -0.15) is 0 Å². The van der Waals surface area contributed by atoms with E-state index in [-0.39, 0.29) is 0 Å². The summed E-state index contributed by atoms with van der Waals surface area (Å²) in [6, 6.07) is 12.4. The monoisotopic (exact) mass is 246 g/mol. The lowest BCUT2D eigenvalue weighted by Crippen LogP contribution is -2.14. The molecule has 2 aromatic rings. The first-order valence-corrected chi connectivity index (χ1v) is 6.80. The molecule has 0 atom stereocenters. The van der Waals surface area contributed by atoms with Crippen LogP contribution >= 0.6 is 11.3 Å². The second-order valence-electron chi connectivity index (χ2n) is 4.10. The molecule has 2 nitrogen and oxygen atoms in total. The molecule has 0 bridgehead atoms. The summed E-state index contributed by atoms with van der Waals surface area (Å²) in [5.74, 6) is 0. The number of aryl methyl sites for hydroxylation is 1. The van der Waals surface area contributed by atoms with E-state index in [4.69, 9.17) is 5.73 Å². The number of hydrogen-bond donors (Lipinski definition) is 2. The first-order chi connectivity index (χ1) is 8.34. The molecule has 0 fully saturated rings. The lowest BCUT2D eigenvalue weighted by atomic mass is 10.1. The number of nitrogens with two attached hydrogens (primary N) is 1. The van der Waals surface area contributed by atoms with Gasteiger partial charge in [-0.15, -0.1) is 11.3 Å². The van der Waals surface area contributed by atoms with Crippen LogP contribution in [-0.4, -0.2) is 6.54 Å². The van der Waals surface area contributed by atoms with E-state index in [1.54, 1.807) is 11.3 Å². The Balaban J connectivity index is 1.61. The molecule has 0 spiro atoms. The standard InChI is InChI=1S/C14H18N2S/c15-13-7-5-12(6-8-13)3-1-9-16-11-14-4-2-10-17-14/h2,4-8,10,16H,1,3,9,11,15H2. The molecule has 0 saturated heterocycles. The van der Waals surface area contributed by atoms with Crippen molar-refractivity contribution >= 4 is 17.0 Å². The maximum Gasteiger partial charge on any atom is 0.0314 e. The lowest BCUT2D eigenvalue weighted by molar-refractivity contribution is 0.654. The third-order valence-corrected chi connectivity index (χ3v) is 3.55. The third-order valence-electron chi connectivity index (χ3n) is 2.68. The lowest BCUT2D eigenvalue weighted by Gasteiger charge is -2.04. The second kappa shape index (κ2) is 6.42. The molecule has 3 N–H and O–H groups in total. The van der Waals surface area contributed by atoms with Crippen LogP contribution in [0, 0.1) is 0 Å². The van der Waals surface area contributed by atoms with Crippen LogP contribution in [0.15, 0.2) is 41.8 Å². The van der Waals surface area contributed by atoms with Gasteiger partial charge in [0.1, 0.15) is 0 Å². The van der Waals surface area contributed by atoms with Gasteiger partial charge in [0.15, 0.2) is 0 Å². The van der Waals surface area contributed by atoms with Crippen molar-refractivity contribution in [3.05, 3.63) is 52.2 Å². The first kappa shape index (κ1) is 12.1. The zero-order valence-electron chi connectivity index (χ0n) is 9.86. The summed E-state index contributed by atoms with van der Waals surface area (Å²) in [7, 11) is 0. The Bertz CT molecular complexity index is 420. The average molecular weight is 246 g/mol. The molecule has 0 amide bonds. The van der Waals surface area contributed by atoms with Crippen molar-refractivity contribution in [1.29, 1.82) is 0 Å². The van der Waals surface area contributed by atoms with Crippen molar-refractivity contribution in [3.63, 3.8) is 0 Å². The van der Waals surface area contributed by atoms with Gasteiger partial charge in [-0.05, 0) is 48.5 Å². The number of rotatable bonds is 6. The molecule has 1 aromatic heterocycles. The van der Waals surface area contributed by atoms with E-state index < -0.39 is 0 Å². The summed E-state index contributed by atoms with van der Waals surface area (Å²) < 4.78 is 0. The topological polar surface area (TPSA) is 38.0 Å². The smallest absolute Gasteiger partial charge is 0.0314 e. The average Bonchev–Trinajstić information content (AvgIpc) is 2.84. The highest BCUT2D eigenvalue weighted by Gasteiger charge is 1.95. The molecule has 0 aliphatic carbocycles. The van der Waals surface area contributed by atoms with E-state index in [9.17, 15) is 0 Å². The van der Waals surface area contributed by atoms with Crippen LogP contribution in [0.5, 0.6) is 0 Å². The summed E-state index contributed by atoms with van der Waals surface area (Å²) >= 11 is 1.80. The summed E-state index contributed by atoms with van der Waals surface area (Å²) in [4.78, 5) is 1.40. The van der Waals surface area contributed by atoms with Crippen molar-refractivity contribution in [2.75, 3.05) is 12.3 Å². The number of thiophene rings is 1. The molecule has 0 aliphatic heterocycles. The van der Waals surface area contributed by atoms with Crippen LogP contribution in [0.1, 0.15) is 16.9 Å². The van der Waals surface area contributed by atoms with Gasteiger partial charge in [0, 0.05) is 17.1 Å². The Morgan fingerprint density at radius 1 is 1.12 bits per heavy atom. The highest BCUT2D eigenvalue weighted by Crippen LogP contribution is 2.08. The van der Waals surface area contributed by atoms with Crippen molar-refractivity contribution in [2.24, 2.45) is 0 Å². The summed E-state index contributed by atoms with van der Waals surface area (Å²) in [6.45, 7) is 2.04. The minimum absolute atomic E-state index is 0.838. The minimum Gasteiger partial charge on any atom is -0.399 e. The molecule has 1 aromatic carbocycles. The quantitative estimate of drug-likeness (QED) is 0.607. The Labute approximate surface area is 106 Å². The fourth-order valence-electron chi connectivity index (χ4n) is 1.73. The molecule has 0 saturated carbocycles. The number of benzene rings is 1. The Kier molecular flexibility index (Phi) is 4.59. The number of anilines is 1. The molecular weight excluding hydrogens is 228 g/mol. The highest BCUT2D eigenvalue weighted by atomic mass is 32.1. The van der Waals surface area contributed by atoms with Crippen molar-refractivity contribution in [1.82, 2.24) is 5.32 Å². The van der Waals surface area contributed by atoms with Gasteiger partial charge < -0.3 is 11.1 Å². The van der Waals surface area contributed by atoms with Crippen molar-refractivity contribution in [3.8, 4) is 0 Å². The van der Waals surface area contributed by atoms with E-state index >= 15 is 0 Å². The summed E-state index contributed by atoms with van der Waals surface area (Å²) in [5.41, 5.74) is 7.84. The maximum atomic E-state index is 5.65. The van der Waals surface area contributed by atoms with Crippen molar-refractivity contribution in [2.45, 2.75) is 19.4 Å². The minimum atomic E-state index is 0.838. The van der Waals surface area contributed by atoms with E-state index in [2.05, 4.69) is 35.0 Å². The van der Waals surface area contributed by atoms with E-state index in [1.165, 1.54) is 10.4 Å². The SMILES string of the molecule is Nc1ccc(CCCNCc2cccs2)cc1. The first-order valence-electron chi connectivity index (χ1n) is 5.92. The molecule has 2 rings (SSSR count). The van der Waals surface area contributed by atoms with Gasteiger partial charge >= 0.3 is 0 Å². The Morgan fingerprint density at radius 2 is 1.94 bits per heavy atom. The summed E-state index contributed by atoms with van der Waals surface area (Å²) in [5, 5.41) is 5.57. The van der Waals surface area contributed by atoms with Crippen LogP contribution in [-0.2, 0) is 13.0 Å². The molecule has 90 valence electrons.